The molecule has 1 N–H and O–H groups in total. The smallest absolute Gasteiger partial charge is 0.228 e. The monoisotopic (exact) mass is 332 g/mol. The van der Waals surface area contributed by atoms with Crippen LogP contribution in [0.2, 0.25) is 0 Å². The molecule has 0 atom stereocenters. The van der Waals surface area contributed by atoms with E-state index in [2.05, 4.69) is 10.3 Å². The Kier molecular flexibility index (Phi) is 3.82. The molecule has 0 unspecified atom stereocenters. The molecule has 1 aliphatic heterocycles. The molecular weight excluding hydrogens is 316 g/mol. The Balaban J connectivity index is 1.77. The van der Waals surface area contributed by atoms with E-state index in [0.717, 1.165) is 28.1 Å². The van der Waals surface area contributed by atoms with Crippen molar-refractivity contribution in [1.82, 2.24) is 4.98 Å². The van der Waals surface area contributed by atoms with E-state index >= 15 is 0 Å². The average Bonchev–Trinajstić information content (AvgIpc) is 3.01. The lowest BCUT2D eigenvalue weighted by Gasteiger charge is -2.14. The number of fused-ring (bicyclic) bond motifs is 1. The summed E-state index contributed by atoms with van der Waals surface area (Å²) in [6, 6.07) is 15.1. The van der Waals surface area contributed by atoms with Gasteiger partial charge >= 0.3 is 0 Å². The fourth-order valence-electron chi connectivity index (χ4n) is 2.86. The average molecular weight is 332 g/mol. The summed E-state index contributed by atoms with van der Waals surface area (Å²) in [7, 11) is 1.62. The topological polar surface area (TPSA) is 60.5 Å². The molecule has 3 aromatic rings. The molecule has 1 amide bonds. The molecule has 0 aliphatic carbocycles. The molecular formula is C20H16N2O3. The summed E-state index contributed by atoms with van der Waals surface area (Å²) in [4.78, 5) is 15.9. The van der Waals surface area contributed by atoms with Gasteiger partial charge in [0.25, 0.3) is 0 Å². The lowest BCUT2D eigenvalue weighted by molar-refractivity contribution is -0.115. The first-order chi connectivity index (χ1) is 12.2. The maximum Gasteiger partial charge on any atom is 0.228 e. The Morgan fingerprint density at radius 3 is 2.60 bits per heavy atom. The Morgan fingerprint density at radius 2 is 1.88 bits per heavy atom. The normalized spacial score (nSPS) is 12.4. The number of nitrogens with zero attached hydrogens (tertiary/aromatic N) is 1. The standard InChI is InChI=1S/C20H16N2O3/c1-24-15-4-6-16(7-5-15)25-19-11-18-14(10-20(23)22-18)9-17(19)13-3-2-8-21-12-13/h2-9,11-12H,10H2,1H3,(H,22,23). The van der Waals surface area contributed by atoms with Crippen LogP contribution in [-0.4, -0.2) is 18.0 Å². The van der Waals surface area contributed by atoms with Crippen molar-refractivity contribution in [2.75, 3.05) is 12.4 Å². The number of benzene rings is 2. The lowest BCUT2D eigenvalue weighted by Crippen LogP contribution is -2.03. The van der Waals surface area contributed by atoms with Crippen LogP contribution < -0.4 is 14.8 Å². The molecule has 4 rings (SSSR count). The fraction of sp³-hybridized carbons (Fsp3) is 0.100. The summed E-state index contributed by atoms with van der Waals surface area (Å²) in [5.41, 5.74) is 3.60. The summed E-state index contributed by atoms with van der Waals surface area (Å²) in [6.45, 7) is 0. The second-order valence-corrected chi connectivity index (χ2v) is 5.75. The van der Waals surface area contributed by atoms with Crippen LogP contribution in [0.3, 0.4) is 0 Å². The van der Waals surface area contributed by atoms with Crippen molar-refractivity contribution in [2.24, 2.45) is 0 Å². The van der Waals surface area contributed by atoms with Gasteiger partial charge in [0.2, 0.25) is 5.91 Å². The zero-order chi connectivity index (χ0) is 17.2. The van der Waals surface area contributed by atoms with Crippen LogP contribution in [0.1, 0.15) is 5.56 Å². The second kappa shape index (κ2) is 6.28. The molecule has 5 nitrogen and oxygen atoms in total. The summed E-state index contributed by atoms with van der Waals surface area (Å²) in [5, 5.41) is 2.87. The third kappa shape index (κ3) is 3.04. The third-order valence-electron chi connectivity index (χ3n) is 4.09. The van der Waals surface area contributed by atoms with Gasteiger partial charge in [-0.05, 0) is 42.0 Å². The highest BCUT2D eigenvalue weighted by Crippen LogP contribution is 2.39. The zero-order valence-corrected chi connectivity index (χ0v) is 13.7. The molecule has 0 fully saturated rings. The molecule has 0 spiro atoms. The maximum atomic E-state index is 11.7. The van der Waals surface area contributed by atoms with Crippen molar-refractivity contribution in [3.8, 4) is 28.4 Å². The molecule has 0 bridgehead atoms. The molecule has 2 aromatic carbocycles. The first kappa shape index (κ1) is 15.2. The van der Waals surface area contributed by atoms with Crippen LogP contribution in [0.5, 0.6) is 17.2 Å². The first-order valence-electron chi connectivity index (χ1n) is 7.92. The van der Waals surface area contributed by atoms with Crippen LogP contribution in [-0.2, 0) is 11.2 Å². The van der Waals surface area contributed by atoms with Gasteiger partial charge in [-0.2, -0.15) is 0 Å². The molecule has 5 heteroatoms. The Bertz CT molecular complexity index is 922. The molecule has 25 heavy (non-hydrogen) atoms. The van der Waals surface area contributed by atoms with Crippen molar-refractivity contribution in [1.29, 1.82) is 0 Å². The number of methoxy groups -OCH3 is 1. The lowest BCUT2D eigenvalue weighted by atomic mass is 10.0. The van der Waals surface area contributed by atoms with Crippen molar-refractivity contribution in [3.63, 3.8) is 0 Å². The molecule has 1 aliphatic rings. The van der Waals surface area contributed by atoms with Gasteiger partial charge in [-0.25, -0.2) is 0 Å². The fourth-order valence-corrected chi connectivity index (χ4v) is 2.86. The Labute approximate surface area is 145 Å². The molecule has 1 aromatic heterocycles. The third-order valence-corrected chi connectivity index (χ3v) is 4.09. The number of pyridine rings is 1. The largest absolute Gasteiger partial charge is 0.497 e. The number of hydrogen-bond acceptors (Lipinski definition) is 4. The predicted molar refractivity (Wildman–Crippen MR) is 95.1 cm³/mol. The minimum absolute atomic E-state index is 0.00580. The number of nitrogens with one attached hydrogen (secondary N) is 1. The van der Waals surface area contributed by atoms with Gasteiger partial charge < -0.3 is 14.8 Å². The van der Waals surface area contributed by atoms with Gasteiger partial charge in [-0.15, -0.1) is 0 Å². The first-order valence-corrected chi connectivity index (χ1v) is 7.92. The second-order valence-electron chi connectivity index (χ2n) is 5.75. The number of aromatic nitrogens is 1. The highest BCUT2D eigenvalue weighted by molar-refractivity contribution is 6.00. The summed E-state index contributed by atoms with van der Waals surface area (Å²) in [6.07, 6.45) is 3.89. The summed E-state index contributed by atoms with van der Waals surface area (Å²) < 4.78 is 11.3. The van der Waals surface area contributed by atoms with Crippen molar-refractivity contribution < 1.29 is 14.3 Å². The van der Waals surface area contributed by atoms with Crippen LogP contribution >= 0.6 is 0 Å². The highest BCUT2D eigenvalue weighted by atomic mass is 16.5. The summed E-state index contributed by atoms with van der Waals surface area (Å²) in [5.74, 6) is 2.11. The molecule has 0 saturated carbocycles. The van der Waals surface area contributed by atoms with E-state index in [9.17, 15) is 4.79 Å². The number of anilines is 1. The Hall–Kier alpha value is -3.34. The van der Waals surface area contributed by atoms with E-state index < -0.39 is 0 Å². The van der Waals surface area contributed by atoms with Gasteiger partial charge in [-0.3, -0.25) is 9.78 Å². The SMILES string of the molecule is COc1ccc(Oc2cc3c(cc2-c2cccnc2)CC(=O)N3)cc1. The number of carbonyl (C=O) groups is 1. The number of hydrogen-bond donors (Lipinski definition) is 1. The molecule has 2 heterocycles. The van der Waals surface area contributed by atoms with Crippen LogP contribution in [0.4, 0.5) is 5.69 Å². The number of carbonyl (C=O) groups excluding carboxylic acids is 1. The molecule has 124 valence electrons. The summed E-state index contributed by atoms with van der Waals surface area (Å²) >= 11 is 0. The van der Waals surface area contributed by atoms with Gasteiger partial charge in [0, 0.05) is 35.3 Å². The maximum absolute atomic E-state index is 11.7. The van der Waals surface area contributed by atoms with E-state index in [0.29, 0.717) is 17.9 Å². The van der Waals surface area contributed by atoms with E-state index in [1.807, 2.05) is 48.5 Å². The van der Waals surface area contributed by atoms with Gasteiger partial charge in [0.15, 0.2) is 0 Å². The van der Waals surface area contributed by atoms with E-state index in [4.69, 9.17) is 9.47 Å². The quantitative estimate of drug-likeness (QED) is 0.783. The predicted octanol–water partition coefficient (Wildman–Crippen LogP) is 4.04. The van der Waals surface area contributed by atoms with Gasteiger partial charge in [0.1, 0.15) is 17.2 Å². The van der Waals surface area contributed by atoms with Crippen molar-refractivity contribution in [2.45, 2.75) is 6.42 Å². The molecule has 0 radical (unpaired) electrons. The number of rotatable bonds is 4. The number of ether oxygens (including phenoxy) is 2. The van der Waals surface area contributed by atoms with Crippen molar-refractivity contribution >= 4 is 11.6 Å². The molecule has 0 saturated heterocycles. The Morgan fingerprint density at radius 1 is 1.08 bits per heavy atom. The van der Waals surface area contributed by atoms with Gasteiger partial charge in [0.05, 0.1) is 13.5 Å². The van der Waals surface area contributed by atoms with Crippen molar-refractivity contribution in [3.05, 3.63) is 66.5 Å². The van der Waals surface area contributed by atoms with Crippen LogP contribution in [0, 0.1) is 0 Å². The minimum atomic E-state index is -0.00580. The minimum Gasteiger partial charge on any atom is -0.497 e. The zero-order valence-electron chi connectivity index (χ0n) is 13.7. The van der Waals surface area contributed by atoms with Crippen LogP contribution in [0.25, 0.3) is 11.1 Å². The highest BCUT2D eigenvalue weighted by Gasteiger charge is 2.21. The van der Waals surface area contributed by atoms with E-state index in [1.54, 1.807) is 19.5 Å². The van der Waals surface area contributed by atoms with Gasteiger partial charge in [-0.1, -0.05) is 6.07 Å². The number of amides is 1. The van der Waals surface area contributed by atoms with E-state index in [-0.39, 0.29) is 5.91 Å². The van der Waals surface area contributed by atoms with Crippen LogP contribution in [0.15, 0.2) is 60.9 Å². The van der Waals surface area contributed by atoms with E-state index in [1.165, 1.54) is 0 Å².